The van der Waals surface area contributed by atoms with Crippen molar-refractivity contribution in [3.63, 3.8) is 0 Å². The van der Waals surface area contributed by atoms with Gasteiger partial charge in [0.1, 0.15) is 16.5 Å². The molecule has 34 heavy (non-hydrogen) atoms. The minimum atomic E-state index is -0.674. The van der Waals surface area contributed by atoms with E-state index < -0.39 is 17.2 Å². The molecule has 0 radical (unpaired) electrons. The predicted octanol–water partition coefficient (Wildman–Crippen LogP) is 4.47. The zero-order valence-corrected chi connectivity index (χ0v) is 21.2. The van der Waals surface area contributed by atoms with Gasteiger partial charge in [-0.2, -0.15) is 0 Å². The number of benzene rings is 1. The van der Waals surface area contributed by atoms with Gasteiger partial charge in [0, 0.05) is 24.0 Å². The number of nitrogens with two attached hydrogens (primary N) is 1. The number of carbonyl (C=O) groups is 1. The molecule has 0 aliphatic carbocycles. The molecule has 8 nitrogen and oxygen atoms in total. The molecule has 0 fully saturated rings. The van der Waals surface area contributed by atoms with Crippen LogP contribution in [0, 0.1) is 5.92 Å². The van der Waals surface area contributed by atoms with Gasteiger partial charge in [0.2, 0.25) is 0 Å². The fourth-order valence-electron chi connectivity index (χ4n) is 3.67. The van der Waals surface area contributed by atoms with Gasteiger partial charge in [0.05, 0.1) is 0 Å². The third kappa shape index (κ3) is 5.47. The number of nitrogens with zero attached hydrogens (tertiary/aromatic N) is 3. The Morgan fingerprint density at radius 3 is 2.44 bits per heavy atom. The summed E-state index contributed by atoms with van der Waals surface area (Å²) in [6.45, 7) is 10.8. The number of nitrogens with one attached hydrogen (secondary N) is 1. The van der Waals surface area contributed by atoms with Crippen molar-refractivity contribution >= 4 is 28.7 Å². The lowest BCUT2D eigenvalue weighted by molar-refractivity contribution is 0.0982. The van der Waals surface area contributed by atoms with Crippen molar-refractivity contribution in [1.29, 1.82) is 0 Å². The van der Waals surface area contributed by atoms with E-state index >= 15 is 0 Å². The van der Waals surface area contributed by atoms with E-state index in [1.807, 2.05) is 32.9 Å². The molecule has 3 aromatic rings. The van der Waals surface area contributed by atoms with Crippen molar-refractivity contribution in [1.82, 2.24) is 14.5 Å². The normalized spacial score (nSPS) is 11.4. The molecular weight excluding hydrogens is 450 g/mol. The van der Waals surface area contributed by atoms with E-state index in [0.29, 0.717) is 25.4 Å². The summed E-state index contributed by atoms with van der Waals surface area (Å²) < 4.78 is 1.32. The van der Waals surface area contributed by atoms with E-state index in [1.165, 1.54) is 26.4 Å². The van der Waals surface area contributed by atoms with E-state index in [-0.39, 0.29) is 23.1 Å². The first-order valence-corrected chi connectivity index (χ1v) is 12.5. The van der Waals surface area contributed by atoms with Crippen LogP contribution in [0.2, 0.25) is 0 Å². The summed E-state index contributed by atoms with van der Waals surface area (Å²) in [6, 6.07) is 8.13. The number of thiazole rings is 1. The molecule has 1 aromatic carbocycles. The second-order valence-corrected chi connectivity index (χ2v) is 9.98. The average Bonchev–Trinajstić information content (AvgIpc) is 3.28. The molecule has 3 rings (SSSR count). The highest BCUT2D eigenvalue weighted by Crippen LogP contribution is 2.27. The first-order chi connectivity index (χ1) is 16.1. The van der Waals surface area contributed by atoms with Crippen LogP contribution < -0.4 is 21.9 Å². The number of aromatic nitrogens is 3. The molecule has 0 aliphatic heterocycles. The number of hydrogen-bond acceptors (Lipinski definition) is 6. The Kier molecular flexibility index (Phi) is 8.09. The molecule has 182 valence electrons. The highest BCUT2D eigenvalue weighted by Gasteiger charge is 2.27. The lowest BCUT2D eigenvalue weighted by Crippen LogP contribution is -2.42. The van der Waals surface area contributed by atoms with Crippen molar-refractivity contribution in [2.24, 2.45) is 5.92 Å². The second kappa shape index (κ2) is 10.8. The minimum absolute atomic E-state index is 0.00506. The van der Waals surface area contributed by atoms with Crippen LogP contribution in [-0.4, -0.2) is 27.0 Å². The first kappa shape index (κ1) is 25.4. The monoisotopic (exact) mass is 483 g/mol. The van der Waals surface area contributed by atoms with Gasteiger partial charge in [-0.15, -0.1) is 11.3 Å². The molecule has 0 bridgehead atoms. The highest BCUT2D eigenvalue weighted by atomic mass is 32.1. The molecule has 0 atom stereocenters. The maximum Gasteiger partial charge on any atom is 0.330 e. The third-order valence-corrected chi connectivity index (χ3v) is 6.45. The maximum atomic E-state index is 13.5. The lowest BCUT2D eigenvalue weighted by Gasteiger charge is -2.24. The molecule has 2 aromatic heterocycles. The topological polar surface area (TPSA) is 114 Å². The number of nitrogen functional groups attached to an aromatic ring is 1. The first-order valence-electron chi connectivity index (χ1n) is 11.6. The van der Waals surface area contributed by atoms with Gasteiger partial charge in [-0.25, -0.2) is 9.78 Å². The Balaban J connectivity index is 2.01. The van der Waals surface area contributed by atoms with Gasteiger partial charge >= 0.3 is 5.69 Å². The predicted molar refractivity (Wildman–Crippen MR) is 139 cm³/mol. The fourth-order valence-corrected chi connectivity index (χ4v) is 4.47. The van der Waals surface area contributed by atoms with Gasteiger partial charge < -0.3 is 5.73 Å². The number of rotatable bonds is 9. The van der Waals surface area contributed by atoms with Gasteiger partial charge in [0.15, 0.2) is 5.69 Å². The minimum Gasteiger partial charge on any atom is -0.383 e. The van der Waals surface area contributed by atoms with Crippen LogP contribution in [0.4, 0.5) is 11.5 Å². The summed E-state index contributed by atoms with van der Waals surface area (Å²) in [5.74, 6) is 0.132. The van der Waals surface area contributed by atoms with E-state index in [1.54, 1.807) is 5.38 Å². The van der Waals surface area contributed by atoms with Crippen LogP contribution >= 0.6 is 11.3 Å². The summed E-state index contributed by atoms with van der Waals surface area (Å²) in [5, 5.41) is 2.42. The van der Waals surface area contributed by atoms with Crippen molar-refractivity contribution in [2.75, 3.05) is 17.2 Å². The summed E-state index contributed by atoms with van der Waals surface area (Å²) in [4.78, 5) is 46.9. The zero-order valence-electron chi connectivity index (χ0n) is 20.4. The molecule has 0 saturated heterocycles. The molecule has 3 N–H and O–H groups in total. The van der Waals surface area contributed by atoms with Crippen LogP contribution in [0.3, 0.4) is 0 Å². The summed E-state index contributed by atoms with van der Waals surface area (Å²) in [6.07, 6.45) is 1.49. The van der Waals surface area contributed by atoms with Crippen molar-refractivity contribution < 1.29 is 4.79 Å². The number of carbonyl (C=O) groups excluding carboxylic acids is 1. The third-order valence-electron chi connectivity index (χ3n) is 5.56. The van der Waals surface area contributed by atoms with Crippen LogP contribution in [0.1, 0.15) is 69.4 Å². The van der Waals surface area contributed by atoms with Crippen LogP contribution in [0.5, 0.6) is 0 Å². The van der Waals surface area contributed by atoms with E-state index in [0.717, 1.165) is 17.0 Å². The number of amides is 1. The molecule has 0 spiro atoms. The average molecular weight is 484 g/mol. The highest BCUT2D eigenvalue weighted by molar-refractivity contribution is 7.13. The van der Waals surface area contributed by atoms with Gasteiger partial charge in [-0.05, 0) is 23.8 Å². The van der Waals surface area contributed by atoms with Gasteiger partial charge in [-0.3, -0.25) is 24.0 Å². The van der Waals surface area contributed by atoms with E-state index in [9.17, 15) is 14.4 Å². The Morgan fingerprint density at radius 1 is 1.18 bits per heavy atom. The Hall–Kier alpha value is -3.20. The summed E-state index contributed by atoms with van der Waals surface area (Å²) in [7, 11) is 0. The van der Waals surface area contributed by atoms with Gasteiger partial charge in [-0.1, -0.05) is 65.3 Å². The zero-order chi connectivity index (χ0) is 25.0. The van der Waals surface area contributed by atoms with E-state index in [2.05, 4.69) is 35.9 Å². The summed E-state index contributed by atoms with van der Waals surface area (Å²) >= 11 is 1.37. The number of unbranched alkanes of at least 4 members (excludes halogenated alkanes) is 1. The molecule has 1 amide bonds. The van der Waals surface area contributed by atoms with Crippen LogP contribution in [0.15, 0.2) is 39.2 Å². The molecule has 2 heterocycles. The lowest BCUT2D eigenvalue weighted by atomic mass is 10.0. The number of anilines is 2. The second-order valence-electron chi connectivity index (χ2n) is 9.12. The van der Waals surface area contributed by atoms with Crippen LogP contribution in [-0.2, 0) is 6.54 Å². The standard InChI is InChI=1S/C25H33N5O3S/c1-6-7-12-29(20-21(26)30(13-15(2)3)25(33)28-22(20)31)24(32)19-14-34-23(27-19)18-10-8-17(9-11-18)16(4)5/h8-11,14-16H,6-7,12-13,26H2,1-5H3,(H,28,31,33). The number of H-pyrrole nitrogens is 1. The van der Waals surface area contributed by atoms with Crippen molar-refractivity contribution in [3.05, 3.63) is 61.7 Å². The van der Waals surface area contributed by atoms with Crippen molar-refractivity contribution in [2.45, 2.75) is 59.9 Å². The SMILES string of the molecule is CCCCN(C(=O)c1csc(-c2ccc(C(C)C)cc2)n1)c1c(N)n(CC(C)C)c(=O)[nH]c1=O. The maximum absolute atomic E-state index is 13.5. The smallest absolute Gasteiger partial charge is 0.330 e. The van der Waals surface area contributed by atoms with Crippen LogP contribution in [0.25, 0.3) is 10.6 Å². The molecule has 0 aliphatic rings. The molecule has 9 heteroatoms. The number of aromatic amines is 1. The van der Waals surface area contributed by atoms with E-state index in [4.69, 9.17) is 5.73 Å². The Labute approximate surface area is 203 Å². The van der Waals surface area contributed by atoms with Crippen molar-refractivity contribution in [3.8, 4) is 10.6 Å². The molecular formula is C25H33N5O3S. The molecule has 0 unspecified atom stereocenters. The van der Waals surface area contributed by atoms with Gasteiger partial charge in [0.25, 0.3) is 11.5 Å². The summed E-state index contributed by atoms with van der Waals surface area (Å²) in [5.41, 5.74) is 7.43. The molecule has 0 saturated carbocycles. The Bertz CT molecular complexity index is 1250. The fraction of sp³-hybridized carbons (Fsp3) is 0.440. The quantitative estimate of drug-likeness (QED) is 0.466. The Morgan fingerprint density at radius 2 is 1.85 bits per heavy atom. The largest absolute Gasteiger partial charge is 0.383 e. The number of hydrogen-bond donors (Lipinski definition) is 2.